The number of aliphatic hydroxyl groups excluding tert-OH is 1. The molecule has 0 fully saturated rings. The third-order valence-corrected chi connectivity index (χ3v) is 3.52. The zero-order valence-corrected chi connectivity index (χ0v) is 12.2. The van der Waals surface area contributed by atoms with Gasteiger partial charge >= 0.3 is 0 Å². The van der Waals surface area contributed by atoms with E-state index >= 15 is 0 Å². The smallest absolute Gasteiger partial charge is 0.0794 e. The molecule has 1 rings (SSSR count). The summed E-state index contributed by atoms with van der Waals surface area (Å²) in [6.07, 6.45) is 9.70. The second kappa shape index (κ2) is 10.5. The SMILES string of the molecule is C=CCCCCCCCC(CO)N(O)c1ccccc1. The molecule has 0 amide bonds. The highest BCUT2D eigenvalue weighted by Crippen LogP contribution is 2.18. The first-order chi connectivity index (χ1) is 9.79. The number of hydrogen-bond donors (Lipinski definition) is 2. The molecule has 0 bridgehead atoms. The van der Waals surface area contributed by atoms with E-state index in [0.29, 0.717) is 0 Å². The molecule has 3 nitrogen and oxygen atoms in total. The molecule has 112 valence electrons. The van der Waals surface area contributed by atoms with Gasteiger partial charge in [0, 0.05) is 0 Å². The highest BCUT2D eigenvalue weighted by atomic mass is 16.5. The van der Waals surface area contributed by atoms with Gasteiger partial charge in [0.15, 0.2) is 0 Å². The standard InChI is InChI=1S/C17H27NO2/c1-2-3-4-5-6-7-9-14-17(15-19)18(20)16-12-10-8-11-13-16/h2,8,10-13,17,19-20H,1,3-7,9,14-15H2. The second-order valence-electron chi connectivity index (χ2n) is 5.15. The van der Waals surface area contributed by atoms with Crippen LogP contribution in [0.5, 0.6) is 0 Å². The minimum atomic E-state index is -0.217. The lowest BCUT2D eigenvalue weighted by atomic mass is 10.1. The summed E-state index contributed by atoms with van der Waals surface area (Å²) in [7, 11) is 0. The van der Waals surface area contributed by atoms with Gasteiger partial charge in [0.2, 0.25) is 0 Å². The molecule has 1 atom stereocenters. The Morgan fingerprint density at radius 2 is 1.70 bits per heavy atom. The van der Waals surface area contributed by atoms with E-state index in [2.05, 4.69) is 6.58 Å². The van der Waals surface area contributed by atoms with Crippen LogP contribution in [-0.4, -0.2) is 23.0 Å². The maximum atomic E-state index is 10.1. The molecule has 0 aliphatic rings. The van der Waals surface area contributed by atoms with Crippen molar-refractivity contribution in [3.05, 3.63) is 43.0 Å². The van der Waals surface area contributed by atoms with Crippen LogP contribution in [0.15, 0.2) is 43.0 Å². The summed E-state index contributed by atoms with van der Waals surface area (Å²) in [6.45, 7) is 3.69. The Hall–Kier alpha value is -1.32. The number of rotatable bonds is 11. The van der Waals surface area contributed by atoms with E-state index in [1.807, 2.05) is 36.4 Å². The first-order valence-electron chi connectivity index (χ1n) is 7.54. The number of nitrogens with zero attached hydrogens (tertiary/aromatic N) is 1. The zero-order chi connectivity index (χ0) is 14.6. The van der Waals surface area contributed by atoms with Crippen LogP contribution in [0.1, 0.15) is 44.9 Å². The number of hydrogen-bond acceptors (Lipinski definition) is 3. The average Bonchev–Trinajstić information content (AvgIpc) is 2.50. The van der Waals surface area contributed by atoms with Crippen molar-refractivity contribution in [1.29, 1.82) is 0 Å². The number of allylic oxidation sites excluding steroid dienone is 1. The molecule has 0 spiro atoms. The second-order valence-corrected chi connectivity index (χ2v) is 5.15. The van der Waals surface area contributed by atoms with Gasteiger partial charge < -0.3 is 5.11 Å². The largest absolute Gasteiger partial charge is 0.394 e. The maximum absolute atomic E-state index is 10.1. The van der Waals surface area contributed by atoms with Crippen molar-refractivity contribution in [2.24, 2.45) is 0 Å². The monoisotopic (exact) mass is 277 g/mol. The van der Waals surface area contributed by atoms with Crippen molar-refractivity contribution >= 4 is 5.69 Å². The fraction of sp³-hybridized carbons (Fsp3) is 0.529. The highest BCUT2D eigenvalue weighted by Gasteiger charge is 2.15. The number of para-hydroxylation sites is 1. The van der Waals surface area contributed by atoms with E-state index in [9.17, 15) is 10.3 Å². The van der Waals surface area contributed by atoms with E-state index < -0.39 is 0 Å². The normalized spacial score (nSPS) is 12.1. The van der Waals surface area contributed by atoms with Crippen LogP contribution >= 0.6 is 0 Å². The van der Waals surface area contributed by atoms with Crippen LogP contribution in [-0.2, 0) is 0 Å². The van der Waals surface area contributed by atoms with Crippen LogP contribution in [0.4, 0.5) is 5.69 Å². The van der Waals surface area contributed by atoms with E-state index in [4.69, 9.17) is 0 Å². The van der Waals surface area contributed by atoms with Crippen LogP contribution < -0.4 is 5.06 Å². The van der Waals surface area contributed by atoms with Crippen LogP contribution in [0, 0.1) is 0 Å². The van der Waals surface area contributed by atoms with Crippen molar-refractivity contribution in [1.82, 2.24) is 0 Å². The zero-order valence-electron chi connectivity index (χ0n) is 12.2. The van der Waals surface area contributed by atoms with Crippen LogP contribution in [0.25, 0.3) is 0 Å². The van der Waals surface area contributed by atoms with E-state index in [1.165, 1.54) is 24.3 Å². The summed E-state index contributed by atoms with van der Waals surface area (Å²) in [4.78, 5) is 0. The average molecular weight is 277 g/mol. The predicted octanol–water partition coefficient (Wildman–Crippen LogP) is 4.16. The van der Waals surface area contributed by atoms with Crippen molar-refractivity contribution in [3.63, 3.8) is 0 Å². The maximum Gasteiger partial charge on any atom is 0.0794 e. The van der Waals surface area contributed by atoms with Gasteiger partial charge in [0.05, 0.1) is 18.3 Å². The molecular formula is C17H27NO2. The molecule has 2 N–H and O–H groups in total. The summed E-state index contributed by atoms with van der Waals surface area (Å²) in [5.74, 6) is 0. The van der Waals surface area contributed by atoms with E-state index in [0.717, 1.165) is 31.4 Å². The number of unbranched alkanes of at least 4 members (excludes halogenated alkanes) is 5. The third kappa shape index (κ3) is 6.22. The molecule has 3 heteroatoms. The van der Waals surface area contributed by atoms with Gasteiger partial charge in [0.25, 0.3) is 0 Å². The molecule has 0 saturated heterocycles. The minimum absolute atomic E-state index is 0.0259. The number of anilines is 1. The van der Waals surface area contributed by atoms with E-state index in [1.54, 1.807) is 0 Å². The molecule has 1 aromatic rings. The van der Waals surface area contributed by atoms with Crippen molar-refractivity contribution < 1.29 is 10.3 Å². The Balaban J connectivity index is 2.24. The first kappa shape index (κ1) is 16.7. The van der Waals surface area contributed by atoms with Crippen LogP contribution in [0.3, 0.4) is 0 Å². The fourth-order valence-electron chi connectivity index (χ4n) is 2.28. The van der Waals surface area contributed by atoms with Gasteiger partial charge in [-0.1, -0.05) is 50.0 Å². The van der Waals surface area contributed by atoms with Gasteiger partial charge in [-0.15, -0.1) is 6.58 Å². The summed E-state index contributed by atoms with van der Waals surface area (Å²) in [6, 6.07) is 9.15. The topological polar surface area (TPSA) is 43.7 Å². The number of aliphatic hydroxyl groups is 1. The van der Waals surface area contributed by atoms with Gasteiger partial charge in [-0.2, -0.15) is 0 Å². The highest BCUT2D eigenvalue weighted by molar-refractivity contribution is 5.43. The lowest BCUT2D eigenvalue weighted by Crippen LogP contribution is -2.35. The Morgan fingerprint density at radius 3 is 2.35 bits per heavy atom. The van der Waals surface area contributed by atoms with Crippen LogP contribution in [0.2, 0.25) is 0 Å². The van der Waals surface area contributed by atoms with Gasteiger partial charge in [-0.25, -0.2) is 0 Å². The summed E-state index contributed by atoms with van der Waals surface area (Å²) < 4.78 is 0. The molecule has 1 aromatic carbocycles. The Morgan fingerprint density at radius 1 is 1.05 bits per heavy atom. The predicted molar refractivity (Wildman–Crippen MR) is 84.1 cm³/mol. The Labute approximate surface area is 122 Å². The van der Waals surface area contributed by atoms with E-state index in [-0.39, 0.29) is 12.6 Å². The summed E-state index contributed by atoms with van der Waals surface area (Å²) in [5, 5.41) is 20.7. The molecule has 20 heavy (non-hydrogen) atoms. The van der Waals surface area contributed by atoms with Crippen molar-refractivity contribution in [3.8, 4) is 0 Å². The molecule has 0 radical (unpaired) electrons. The summed E-state index contributed by atoms with van der Waals surface area (Å²) in [5.41, 5.74) is 0.734. The third-order valence-electron chi connectivity index (χ3n) is 3.52. The molecule has 1 unspecified atom stereocenters. The molecule has 0 saturated carbocycles. The fourth-order valence-corrected chi connectivity index (χ4v) is 2.28. The molecule has 0 aromatic heterocycles. The van der Waals surface area contributed by atoms with Gasteiger partial charge in [-0.3, -0.25) is 10.3 Å². The lowest BCUT2D eigenvalue weighted by Gasteiger charge is -2.26. The summed E-state index contributed by atoms with van der Waals surface area (Å²) >= 11 is 0. The molecule has 0 aliphatic carbocycles. The van der Waals surface area contributed by atoms with Crippen molar-refractivity contribution in [2.75, 3.05) is 11.7 Å². The van der Waals surface area contributed by atoms with Crippen molar-refractivity contribution in [2.45, 2.75) is 51.0 Å². The van der Waals surface area contributed by atoms with Gasteiger partial charge in [0.1, 0.15) is 0 Å². The molecule has 0 heterocycles. The number of hydroxylamine groups is 1. The molecular weight excluding hydrogens is 250 g/mol. The quantitative estimate of drug-likeness (QED) is 0.362. The van der Waals surface area contributed by atoms with Gasteiger partial charge in [-0.05, 0) is 31.4 Å². The first-order valence-corrected chi connectivity index (χ1v) is 7.54. The number of benzene rings is 1. The molecule has 0 aliphatic heterocycles. The Bertz CT molecular complexity index is 353. The lowest BCUT2D eigenvalue weighted by molar-refractivity contribution is 0.153. The Kier molecular flexibility index (Phi) is 8.76. The minimum Gasteiger partial charge on any atom is -0.394 e.